The molecule has 0 unspecified atom stereocenters. The molecule has 0 aliphatic heterocycles. The zero-order valence-corrected chi connectivity index (χ0v) is 10.5. The van der Waals surface area contributed by atoms with Gasteiger partial charge in [0, 0.05) is 11.8 Å². The molecule has 0 saturated heterocycles. The molecule has 2 aromatic rings. The van der Waals surface area contributed by atoms with E-state index in [1.165, 1.54) is 6.26 Å². The van der Waals surface area contributed by atoms with E-state index in [0.717, 1.165) is 35.5 Å². The second-order valence-electron chi connectivity index (χ2n) is 5.54. The van der Waals surface area contributed by atoms with Gasteiger partial charge in [-0.25, -0.2) is 0 Å². The Morgan fingerprint density at radius 1 is 1.39 bits per heavy atom. The van der Waals surface area contributed by atoms with E-state index < -0.39 is 0 Å². The van der Waals surface area contributed by atoms with E-state index in [1.54, 1.807) is 12.3 Å². The first-order valence-electron chi connectivity index (χ1n) is 5.99. The first kappa shape index (κ1) is 11.1. The van der Waals surface area contributed by atoms with Crippen LogP contribution in [0.1, 0.15) is 25.1 Å². The predicted octanol–water partition coefficient (Wildman–Crippen LogP) is 2.52. The van der Waals surface area contributed by atoms with E-state index in [1.807, 2.05) is 0 Å². The lowest BCUT2D eigenvalue weighted by Crippen LogP contribution is -2.10. The fourth-order valence-electron chi connectivity index (χ4n) is 2.47. The highest BCUT2D eigenvalue weighted by molar-refractivity contribution is 5.74. The maximum atomic E-state index is 6.21. The Morgan fingerprint density at radius 2 is 2.22 bits per heavy atom. The SMILES string of the molecule is CC1(C)Cc2ncc(Nc3ccon3)c(N)c2C1. The number of nitrogens with two attached hydrogens (primary N) is 1. The molecule has 5 heteroatoms. The summed E-state index contributed by atoms with van der Waals surface area (Å²) in [6, 6.07) is 1.75. The van der Waals surface area contributed by atoms with Crippen LogP contribution in [-0.2, 0) is 12.8 Å². The van der Waals surface area contributed by atoms with Crippen molar-refractivity contribution in [2.75, 3.05) is 11.1 Å². The fourth-order valence-corrected chi connectivity index (χ4v) is 2.47. The molecule has 2 heterocycles. The minimum Gasteiger partial charge on any atom is -0.397 e. The van der Waals surface area contributed by atoms with Crippen LogP contribution in [0.5, 0.6) is 0 Å². The zero-order chi connectivity index (χ0) is 12.8. The second-order valence-corrected chi connectivity index (χ2v) is 5.54. The normalized spacial score (nSPS) is 16.6. The zero-order valence-electron chi connectivity index (χ0n) is 10.5. The number of rotatable bonds is 2. The average molecular weight is 244 g/mol. The standard InChI is InChI=1S/C13H16N4O/c1-13(2)5-8-9(6-13)15-7-10(12(8)14)16-11-3-4-18-17-11/h3-4,7H,5-6H2,1-2H3,(H2,14,15)(H,16,17). The van der Waals surface area contributed by atoms with Crippen molar-refractivity contribution in [3.63, 3.8) is 0 Å². The summed E-state index contributed by atoms with van der Waals surface area (Å²) in [5.74, 6) is 0.640. The smallest absolute Gasteiger partial charge is 0.173 e. The summed E-state index contributed by atoms with van der Waals surface area (Å²) in [4.78, 5) is 4.50. The molecule has 5 nitrogen and oxygen atoms in total. The van der Waals surface area contributed by atoms with Crippen LogP contribution in [0.3, 0.4) is 0 Å². The van der Waals surface area contributed by atoms with Gasteiger partial charge in [0.25, 0.3) is 0 Å². The van der Waals surface area contributed by atoms with Crippen LogP contribution in [0, 0.1) is 5.41 Å². The molecule has 0 bridgehead atoms. The molecule has 3 rings (SSSR count). The molecule has 0 amide bonds. The molecular weight excluding hydrogens is 228 g/mol. The third kappa shape index (κ3) is 1.81. The highest BCUT2D eigenvalue weighted by Gasteiger charge is 2.31. The predicted molar refractivity (Wildman–Crippen MR) is 69.6 cm³/mol. The van der Waals surface area contributed by atoms with Gasteiger partial charge in [-0.3, -0.25) is 4.98 Å². The Morgan fingerprint density at radius 3 is 2.94 bits per heavy atom. The summed E-state index contributed by atoms with van der Waals surface area (Å²) in [6.45, 7) is 4.47. The molecule has 94 valence electrons. The summed E-state index contributed by atoms with van der Waals surface area (Å²) in [5, 5.41) is 6.92. The molecule has 0 fully saturated rings. The number of hydrogen-bond acceptors (Lipinski definition) is 5. The largest absolute Gasteiger partial charge is 0.397 e. The Labute approximate surface area is 105 Å². The van der Waals surface area contributed by atoms with E-state index in [9.17, 15) is 0 Å². The quantitative estimate of drug-likeness (QED) is 0.848. The first-order valence-corrected chi connectivity index (χ1v) is 5.99. The van der Waals surface area contributed by atoms with Gasteiger partial charge < -0.3 is 15.6 Å². The van der Waals surface area contributed by atoms with E-state index in [4.69, 9.17) is 10.3 Å². The lowest BCUT2D eigenvalue weighted by molar-refractivity contribution is 0.391. The summed E-state index contributed by atoms with van der Waals surface area (Å²) in [7, 11) is 0. The average Bonchev–Trinajstić information content (AvgIpc) is 2.89. The Kier molecular flexibility index (Phi) is 2.29. The third-order valence-corrected chi connectivity index (χ3v) is 3.32. The Hall–Kier alpha value is -2.04. The van der Waals surface area contributed by atoms with Crippen LogP contribution in [0.25, 0.3) is 0 Å². The van der Waals surface area contributed by atoms with Gasteiger partial charge in [-0.15, -0.1) is 0 Å². The van der Waals surface area contributed by atoms with Gasteiger partial charge in [-0.2, -0.15) is 0 Å². The van der Waals surface area contributed by atoms with Crippen molar-refractivity contribution >= 4 is 17.2 Å². The lowest BCUT2D eigenvalue weighted by atomic mass is 9.90. The molecule has 0 aromatic carbocycles. The van der Waals surface area contributed by atoms with E-state index in [0.29, 0.717) is 5.82 Å². The summed E-state index contributed by atoms with van der Waals surface area (Å²) >= 11 is 0. The Balaban J connectivity index is 1.95. The van der Waals surface area contributed by atoms with Crippen molar-refractivity contribution in [3.8, 4) is 0 Å². The van der Waals surface area contributed by atoms with E-state index in [2.05, 4.69) is 29.3 Å². The van der Waals surface area contributed by atoms with Crippen molar-refractivity contribution in [1.29, 1.82) is 0 Å². The van der Waals surface area contributed by atoms with Gasteiger partial charge in [-0.05, 0) is 23.8 Å². The number of fused-ring (bicyclic) bond motifs is 1. The number of nitrogens with zero attached hydrogens (tertiary/aromatic N) is 2. The second kappa shape index (κ2) is 3.73. The fraction of sp³-hybridized carbons (Fsp3) is 0.385. The summed E-state index contributed by atoms with van der Waals surface area (Å²) < 4.78 is 4.78. The molecule has 1 aliphatic rings. The summed E-state index contributed by atoms with van der Waals surface area (Å²) in [5.41, 5.74) is 10.3. The molecule has 1 aliphatic carbocycles. The molecule has 0 saturated carbocycles. The van der Waals surface area contributed by atoms with Crippen LogP contribution >= 0.6 is 0 Å². The number of aromatic nitrogens is 2. The molecule has 3 N–H and O–H groups in total. The number of pyridine rings is 1. The van der Waals surface area contributed by atoms with E-state index in [-0.39, 0.29) is 5.41 Å². The molecule has 18 heavy (non-hydrogen) atoms. The van der Waals surface area contributed by atoms with Crippen LogP contribution in [0.2, 0.25) is 0 Å². The van der Waals surface area contributed by atoms with Crippen molar-refractivity contribution in [2.45, 2.75) is 26.7 Å². The molecular formula is C13H16N4O. The Bertz CT molecular complexity index is 575. The van der Waals surface area contributed by atoms with Gasteiger partial charge >= 0.3 is 0 Å². The number of anilines is 3. The number of hydrogen-bond donors (Lipinski definition) is 2. The van der Waals surface area contributed by atoms with Crippen LogP contribution in [0.4, 0.5) is 17.2 Å². The van der Waals surface area contributed by atoms with E-state index >= 15 is 0 Å². The van der Waals surface area contributed by atoms with Gasteiger partial charge in [0.15, 0.2) is 5.82 Å². The number of nitrogens with one attached hydrogen (secondary N) is 1. The van der Waals surface area contributed by atoms with Gasteiger partial charge in [0.2, 0.25) is 0 Å². The molecule has 0 atom stereocenters. The molecule has 0 spiro atoms. The molecule has 0 radical (unpaired) electrons. The van der Waals surface area contributed by atoms with Crippen LogP contribution in [0.15, 0.2) is 23.0 Å². The monoisotopic (exact) mass is 244 g/mol. The van der Waals surface area contributed by atoms with Crippen LogP contribution in [-0.4, -0.2) is 10.1 Å². The minimum absolute atomic E-state index is 0.246. The van der Waals surface area contributed by atoms with Crippen molar-refractivity contribution < 1.29 is 4.52 Å². The van der Waals surface area contributed by atoms with Crippen molar-refractivity contribution in [1.82, 2.24) is 10.1 Å². The third-order valence-electron chi connectivity index (χ3n) is 3.32. The molecule has 2 aromatic heterocycles. The maximum Gasteiger partial charge on any atom is 0.173 e. The number of nitrogen functional groups attached to an aromatic ring is 1. The van der Waals surface area contributed by atoms with Gasteiger partial charge in [-0.1, -0.05) is 19.0 Å². The first-order chi connectivity index (χ1) is 8.55. The van der Waals surface area contributed by atoms with Gasteiger partial charge in [0.05, 0.1) is 17.6 Å². The maximum absolute atomic E-state index is 6.21. The van der Waals surface area contributed by atoms with Crippen LogP contribution < -0.4 is 11.1 Å². The topological polar surface area (TPSA) is 77.0 Å². The lowest BCUT2D eigenvalue weighted by Gasteiger charge is -2.14. The van der Waals surface area contributed by atoms with Gasteiger partial charge in [0.1, 0.15) is 6.26 Å². The minimum atomic E-state index is 0.246. The highest BCUT2D eigenvalue weighted by atomic mass is 16.5. The van der Waals surface area contributed by atoms with Crippen molar-refractivity contribution in [2.24, 2.45) is 5.41 Å². The summed E-state index contributed by atoms with van der Waals surface area (Å²) in [6.07, 6.45) is 5.24. The van der Waals surface area contributed by atoms with Crippen molar-refractivity contribution in [3.05, 3.63) is 29.8 Å². The highest BCUT2D eigenvalue weighted by Crippen LogP contribution is 2.40.